The van der Waals surface area contributed by atoms with E-state index in [1.165, 1.54) is 30.5 Å². The highest BCUT2D eigenvalue weighted by molar-refractivity contribution is 5.00. The van der Waals surface area contributed by atoms with Gasteiger partial charge in [-0.1, -0.05) is 12.2 Å². The van der Waals surface area contributed by atoms with Gasteiger partial charge >= 0.3 is 0 Å². The topological polar surface area (TPSA) is 21.1 Å². The number of aromatic nitrogens is 2. The molecule has 0 aliphatic carbocycles. The first-order valence-electron chi connectivity index (χ1n) is 6.02. The van der Waals surface area contributed by atoms with E-state index < -0.39 is 0 Å². The lowest BCUT2D eigenvalue weighted by Gasteiger charge is -2.24. The molecule has 0 radical (unpaired) electrons. The van der Waals surface area contributed by atoms with Crippen molar-refractivity contribution >= 4 is 0 Å². The van der Waals surface area contributed by atoms with Gasteiger partial charge in [0.25, 0.3) is 0 Å². The van der Waals surface area contributed by atoms with Crippen LogP contribution >= 0.6 is 0 Å². The predicted molar refractivity (Wildman–Crippen MR) is 66.4 cm³/mol. The third-order valence-corrected chi connectivity index (χ3v) is 3.13. The van der Waals surface area contributed by atoms with Crippen LogP contribution in [0.1, 0.15) is 25.3 Å². The van der Waals surface area contributed by atoms with Crippen LogP contribution in [0.15, 0.2) is 24.5 Å². The number of likely N-dealkylation sites (tertiary alicyclic amines) is 1. The SMILES string of the molecule is C=C(C)CN1CCC[C@@H]1Cn1cc(C)cn1. The van der Waals surface area contributed by atoms with E-state index in [9.17, 15) is 0 Å². The molecule has 0 amide bonds. The third-order valence-electron chi connectivity index (χ3n) is 3.13. The number of rotatable bonds is 4. The zero-order valence-corrected chi connectivity index (χ0v) is 10.3. The van der Waals surface area contributed by atoms with Crippen molar-refractivity contribution in [3.8, 4) is 0 Å². The molecule has 3 heteroatoms. The van der Waals surface area contributed by atoms with E-state index in [1.54, 1.807) is 0 Å². The zero-order valence-electron chi connectivity index (χ0n) is 10.3. The molecule has 1 atom stereocenters. The lowest BCUT2D eigenvalue weighted by molar-refractivity contribution is 0.245. The van der Waals surface area contributed by atoms with Crippen LogP contribution < -0.4 is 0 Å². The summed E-state index contributed by atoms with van der Waals surface area (Å²) in [5, 5.41) is 4.36. The molecule has 1 aliphatic rings. The van der Waals surface area contributed by atoms with Crippen molar-refractivity contribution in [1.82, 2.24) is 14.7 Å². The average Bonchev–Trinajstić information content (AvgIpc) is 2.77. The van der Waals surface area contributed by atoms with E-state index in [-0.39, 0.29) is 0 Å². The van der Waals surface area contributed by atoms with Crippen LogP contribution in [0.4, 0.5) is 0 Å². The summed E-state index contributed by atoms with van der Waals surface area (Å²) in [5.41, 5.74) is 2.49. The van der Waals surface area contributed by atoms with Crippen LogP contribution in [0, 0.1) is 6.92 Å². The third kappa shape index (κ3) is 2.73. The standard InChI is InChI=1S/C13H21N3/c1-11(2)8-15-6-4-5-13(15)10-16-9-12(3)7-14-16/h7,9,13H,1,4-6,8,10H2,2-3H3/t13-/m1/s1. The van der Waals surface area contributed by atoms with E-state index in [0.29, 0.717) is 6.04 Å². The van der Waals surface area contributed by atoms with E-state index >= 15 is 0 Å². The second-order valence-corrected chi connectivity index (χ2v) is 4.96. The van der Waals surface area contributed by atoms with Gasteiger partial charge in [-0.15, -0.1) is 0 Å². The smallest absolute Gasteiger partial charge is 0.0565 e. The molecule has 2 rings (SSSR count). The van der Waals surface area contributed by atoms with Gasteiger partial charge in [0.1, 0.15) is 0 Å². The Bertz CT molecular complexity index is 367. The lowest BCUT2D eigenvalue weighted by Crippen LogP contribution is -2.34. The van der Waals surface area contributed by atoms with Gasteiger partial charge < -0.3 is 0 Å². The molecule has 1 aliphatic heterocycles. The van der Waals surface area contributed by atoms with Gasteiger partial charge in [-0.3, -0.25) is 9.58 Å². The van der Waals surface area contributed by atoms with Gasteiger partial charge in [0.05, 0.1) is 12.7 Å². The highest BCUT2D eigenvalue weighted by Crippen LogP contribution is 2.19. The molecule has 1 saturated heterocycles. The van der Waals surface area contributed by atoms with Crippen molar-refractivity contribution < 1.29 is 0 Å². The summed E-state index contributed by atoms with van der Waals surface area (Å²) in [5.74, 6) is 0. The summed E-state index contributed by atoms with van der Waals surface area (Å²) in [6.07, 6.45) is 6.64. The summed E-state index contributed by atoms with van der Waals surface area (Å²) in [7, 11) is 0. The Morgan fingerprint density at radius 2 is 2.44 bits per heavy atom. The quantitative estimate of drug-likeness (QED) is 0.724. The highest BCUT2D eigenvalue weighted by Gasteiger charge is 2.24. The summed E-state index contributed by atoms with van der Waals surface area (Å²) in [6, 6.07) is 0.635. The van der Waals surface area contributed by atoms with Crippen LogP contribution in [0.5, 0.6) is 0 Å². The fourth-order valence-electron chi connectivity index (χ4n) is 2.44. The molecular weight excluding hydrogens is 198 g/mol. The first-order chi connectivity index (χ1) is 7.65. The zero-order chi connectivity index (χ0) is 11.5. The fourth-order valence-corrected chi connectivity index (χ4v) is 2.44. The van der Waals surface area contributed by atoms with Gasteiger partial charge in [-0.05, 0) is 38.8 Å². The maximum absolute atomic E-state index is 4.36. The molecule has 0 aromatic carbocycles. The van der Waals surface area contributed by atoms with Gasteiger partial charge in [0.15, 0.2) is 0 Å². The molecule has 0 bridgehead atoms. The molecular formula is C13H21N3. The van der Waals surface area contributed by atoms with Crippen LogP contribution in [0.2, 0.25) is 0 Å². The van der Waals surface area contributed by atoms with Gasteiger partial charge in [-0.25, -0.2) is 0 Å². The molecule has 0 unspecified atom stereocenters. The highest BCUT2D eigenvalue weighted by atomic mass is 15.3. The van der Waals surface area contributed by atoms with E-state index in [0.717, 1.165) is 13.1 Å². The molecule has 0 spiro atoms. The van der Waals surface area contributed by atoms with Gasteiger partial charge in [-0.2, -0.15) is 5.10 Å². The van der Waals surface area contributed by atoms with Crippen molar-refractivity contribution in [3.05, 3.63) is 30.1 Å². The summed E-state index contributed by atoms with van der Waals surface area (Å²) < 4.78 is 2.07. The Morgan fingerprint density at radius 1 is 1.62 bits per heavy atom. The molecule has 1 aromatic heterocycles. The van der Waals surface area contributed by atoms with Gasteiger partial charge in [0, 0.05) is 18.8 Å². The minimum Gasteiger partial charge on any atom is -0.295 e. The number of hydrogen-bond donors (Lipinski definition) is 0. The molecule has 2 heterocycles. The van der Waals surface area contributed by atoms with Crippen molar-refractivity contribution in [1.29, 1.82) is 0 Å². The average molecular weight is 219 g/mol. The number of aryl methyl sites for hydroxylation is 1. The number of hydrogen-bond acceptors (Lipinski definition) is 2. The van der Waals surface area contributed by atoms with Crippen molar-refractivity contribution in [3.63, 3.8) is 0 Å². The summed E-state index contributed by atoms with van der Waals surface area (Å²) in [6.45, 7) is 11.4. The van der Waals surface area contributed by atoms with E-state index in [1.807, 2.05) is 6.20 Å². The minimum atomic E-state index is 0.635. The number of nitrogens with zero attached hydrogens (tertiary/aromatic N) is 3. The van der Waals surface area contributed by atoms with Crippen LogP contribution in [-0.2, 0) is 6.54 Å². The van der Waals surface area contributed by atoms with E-state index in [2.05, 4.69) is 41.3 Å². The second kappa shape index (κ2) is 4.83. The van der Waals surface area contributed by atoms with Crippen molar-refractivity contribution in [2.75, 3.05) is 13.1 Å². The monoisotopic (exact) mass is 219 g/mol. The van der Waals surface area contributed by atoms with Gasteiger partial charge in [0.2, 0.25) is 0 Å². The molecule has 16 heavy (non-hydrogen) atoms. The molecule has 1 fully saturated rings. The lowest BCUT2D eigenvalue weighted by atomic mass is 10.2. The maximum Gasteiger partial charge on any atom is 0.0565 e. The summed E-state index contributed by atoms with van der Waals surface area (Å²) >= 11 is 0. The Kier molecular flexibility index (Phi) is 3.44. The largest absolute Gasteiger partial charge is 0.295 e. The summed E-state index contributed by atoms with van der Waals surface area (Å²) in [4.78, 5) is 2.53. The maximum atomic E-state index is 4.36. The van der Waals surface area contributed by atoms with Crippen LogP contribution in [-0.4, -0.2) is 33.8 Å². The van der Waals surface area contributed by atoms with Crippen LogP contribution in [0.3, 0.4) is 0 Å². The minimum absolute atomic E-state index is 0.635. The predicted octanol–water partition coefficient (Wildman–Crippen LogP) is 2.23. The van der Waals surface area contributed by atoms with E-state index in [4.69, 9.17) is 0 Å². The first kappa shape index (κ1) is 11.4. The molecule has 3 nitrogen and oxygen atoms in total. The Balaban J connectivity index is 1.95. The molecule has 0 N–H and O–H groups in total. The molecule has 88 valence electrons. The van der Waals surface area contributed by atoms with Crippen molar-refractivity contribution in [2.24, 2.45) is 0 Å². The van der Waals surface area contributed by atoms with Crippen LogP contribution in [0.25, 0.3) is 0 Å². The Hall–Kier alpha value is -1.09. The fraction of sp³-hybridized carbons (Fsp3) is 0.615. The molecule has 1 aromatic rings. The second-order valence-electron chi connectivity index (χ2n) is 4.96. The normalized spacial score (nSPS) is 21.5. The van der Waals surface area contributed by atoms with Crippen molar-refractivity contribution in [2.45, 2.75) is 39.3 Å². The Morgan fingerprint density at radius 3 is 3.06 bits per heavy atom. The molecule has 0 saturated carbocycles. The first-order valence-corrected chi connectivity index (χ1v) is 6.02. The Labute approximate surface area is 97.8 Å².